The summed E-state index contributed by atoms with van der Waals surface area (Å²) in [6.07, 6.45) is 1.82. The van der Waals surface area contributed by atoms with Crippen molar-refractivity contribution in [2.45, 2.75) is 0 Å². The van der Waals surface area contributed by atoms with Gasteiger partial charge in [-0.2, -0.15) is 0 Å². The Morgan fingerprint density at radius 2 is 1.80 bits per heavy atom. The minimum absolute atomic E-state index is 0.115. The fourth-order valence-electron chi connectivity index (χ4n) is 2.85. The Kier molecular flexibility index (Phi) is 4.74. The number of amides is 1. The number of anilines is 1. The van der Waals surface area contributed by atoms with E-state index in [9.17, 15) is 4.79 Å². The van der Waals surface area contributed by atoms with Crippen LogP contribution >= 0.6 is 34.3 Å². The molecule has 1 aliphatic heterocycles. The molecule has 7 heteroatoms. The second-order valence-electron chi connectivity index (χ2n) is 5.76. The third kappa shape index (κ3) is 3.56. The van der Waals surface area contributed by atoms with Crippen LogP contribution in [0.15, 0.2) is 48.0 Å². The number of thiazole rings is 1. The molecule has 25 heavy (non-hydrogen) atoms. The summed E-state index contributed by atoms with van der Waals surface area (Å²) in [6.45, 7) is 3.11. The first-order chi connectivity index (χ1) is 12.2. The normalized spacial score (nSPS) is 14.8. The van der Waals surface area contributed by atoms with Crippen LogP contribution in [0.1, 0.15) is 9.67 Å². The summed E-state index contributed by atoms with van der Waals surface area (Å²) in [5, 5.41) is 3.74. The lowest BCUT2D eigenvalue weighted by atomic mass is 10.2. The largest absolute Gasteiger partial charge is 0.345 e. The maximum atomic E-state index is 12.8. The zero-order chi connectivity index (χ0) is 17.2. The van der Waals surface area contributed by atoms with Gasteiger partial charge in [0.2, 0.25) is 0 Å². The van der Waals surface area contributed by atoms with Crippen LogP contribution in [0.5, 0.6) is 0 Å². The summed E-state index contributed by atoms with van der Waals surface area (Å²) in [4.78, 5) is 23.2. The fraction of sp³-hybridized carbons (Fsp3) is 0.222. The Bertz CT molecular complexity index is 853. The molecule has 0 radical (unpaired) electrons. The van der Waals surface area contributed by atoms with Gasteiger partial charge in [0.1, 0.15) is 0 Å². The lowest BCUT2D eigenvalue weighted by Gasteiger charge is -2.34. The molecule has 0 saturated carbocycles. The molecule has 0 bridgehead atoms. The summed E-state index contributed by atoms with van der Waals surface area (Å²) >= 11 is 9.12. The number of carbonyl (C=O) groups excluding carboxylic acids is 1. The van der Waals surface area contributed by atoms with Gasteiger partial charge in [-0.3, -0.25) is 4.79 Å². The van der Waals surface area contributed by atoms with E-state index < -0.39 is 0 Å². The Morgan fingerprint density at radius 1 is 1.04 bits per heavy atom. The first-order valence-electron chi connectivity index (χ1n) is 8.00. The monoisotopic (exact) mass is 389 g/mol. The molecule has 4 rings (SSSR count). The summed E-state index contributed by atoms with van der Waals surface area (Å²) < 4.78 is 0. The molecule has 3 aromatic rings. The van der Waals surface area contributed by atoms with Crippen molar-refractivity contribution in [2.24, 2.45) is 0 Å². The fourth-order valence-corrected chi connectivity index (χ4v) is 4.65. The first kappa shape index (κ1) is 16.6. The standard InChI is InChI=1S/C18H16ClN3OS2/c19-14-3-1-13(2-4-14)15-5-6-16(25-15)17(23)21-8-10-22(11-9-21)18-20-7-12-24-18/h1-7,12H,8-11H2. The second kappa shape index (κ2) is 7.15. The molecular weight excluding hydrogens is 374 g/mol. The Morgan fingerprint density at radius 3 is 2.48 bits per heavy atom. The van der Waals surface area contributed by atoms with Crippen molar-refractivity contribution in [1.82, 2.24) is 9.88 Å². The zero-order valence-electron chi connectivity index (χ0n) is 13.4. The molecule has 1 saturated heterocycles. The van der Waals surface area contributed by atoms with E-state index in [1.165, 1.54) is 11.3 Å². The van der Waals surface area contributed by atoms with E-state index in [-0.39, 0.29) is 5.91 Å². The molecule has 128 valence electrons. The molecule has 3 heterocycles. The number of rotatable bonds is 3. The van der Waals surface area contributed by atoms with Crippen molar-refractivity contribution < 1.29 is 4.79 Å². The van der Waals surface area contributed by atoms with E-state index in [4.69, 9.17) is 11.6 Å². The summed E-state index contributed by atoms with van der Waals surface area (Å²) in [6, 6.07) is 11.6. The Balaban J connectivity index is 1.43. The number of aromatic nitrogens is 1. The van der Waals surface area contributed by atoms with Crippen molar-refractivity contribution in [3.63, 3.8) is 0 Å². The second-order valence-corrected chi connectivity index (χ2v) is 8.16. The highest BCUT2D eigenvalue weighted by molar-refractivity contribution is 7.17. The van der Waals surface area contributed by atoms with E-state index in [2.05, 4.69) is 9.88 Å². The Labute approximate surface area is 159 Å². The summed E-state index contributed by atoms with van der Waals surface area (Å²) in [5.41, 5.74) is 1.09. The molecule has 4 nitrogen and oxygen atoms in total. The van der Waals surface area contributed by atoms with Gasteiger partial charge in [0.15, 0.2) is 5.13 Å². The van der Waals surface area contributed by atoms with Gasteiger partial charge in [-0.05, 0) is 29.8 Å². The van der Waals surface area contributed by atoms with Gasteiger partial charge in [-0.25, -0.2) is 4.98 Å². The smallest absolute Gasteiger partial charge is 0.264 e. The SMILES string of the molecule is O=C(c1ccc(-c2ccc(Cl)cc2)s1)N1CCN(c2nccs2)CC1. The number of piperazine rings is 1. The van der Waals surface area contributed by atoms with Gasteiger partial charge in [0.05, 0.1) is 4.88 Å². The van der Waals surface area contributed by atoms with Crippen LogP contribution in [-0.2, 0) is 0 Å². The molecule has 0 unspecified atom stereocenters. The molecule has 0 atom stereocenters. The van der Waals surface area contributed by atoms with Crippen LogP contribution in [0.25, 0.3) is 10.4 Å². The molecule has 0 N–H and O–H groups in total. The van der Waals surface area contributed by atoms with Crippen LogP contribution in [0, 0.1) is 0 Å². The predicted molar refractivity (Wildman–Crippen MR) is 105 cm³/mol. The number of hydrogen-bond donors (Lipinski definition) is 0. The van der Waals surface area contributed by atoms with E-state index in [1.807, 2.05) is 52.9 Å². The van der Waals surface area contributed by atoms with Crippen LogP contribution in [-0.4, -0.2) is 42.0 Å². The minimum atomic E-state index is 0.115. The number of halogens is 1. The van der Waals surface area contributed by atoms with Gasteiger partial charge in [0, 0.05) is 47.7 Å². The van der Waals surface area contributed by atoms with Gasteiger partial charge >= 0.3 is 0 Å². The van der Waals surface area contributed by atoms with E-state index in [0.29, 0.717) is 0 Å². The molecule has 2 aromatic heterocycles. The zero-order valence-corrected chi connectivity index (χ0v) is 15.8. The van der Waals surface area contributed by atoms with Crippen molar-refractivity contribution in [3.8, 4) is 10.4 Å². The van der Waals surface area contributed by atoms with Crippen LogP contribution in [0.4, 0.5) is 5.13 Å². The van der Waals surface area contributed by atoms with Crippen molar-refractivity contribution in [1.29, 1.82) is 0 Å². The average molecular weight is 390 g/mol. The number of benzene rings is 1. The van der Waals surface area contributed by atoms with Gasteiger partial charge in [0.25, 0.3) is 5.91 Å². The third-order valence-corrected chi connectivity index (χ3v) is 6.41. The quantitative estimate of drug-likeness (QED) is 0.662. The van der Waals surface area contributed by atoms with Gasteiger partial charge in [-0.1, -0.05) is 23.7 Å². The van der Waals surface area contributed by atoms with Gasteiger partial charge < -0.3 is 9.80 Å². The molecular formula is C18H16ClN3OS2. The topological polar surface area (TPSA) is 36.4 Å². The highest BCUT2D eigenvalue weighted by atomic mass is 35.5. The molecule has 1 fully saturated rings. The number of carbonyl (C=O) groups is 1. The van der Waals surface area contributed by atoms with Crippen molar-refractivity contribution in [3.05, 3.63) is 57.9 Å². The van der Waals surface area contributed by atoms with Crippen molar-refractivity contribution >= 4 is 45.3 Å². The van der Waals surface area contributed by atoms with Crippen LogP contribution in [0.3, 0.4) is 0 Å². The average Bonchev–Trinajstić information content (AvgIpc) is 3.34. The summed E-state index contributed by atoms with van der Waals surface area (Å²) in [5.74, 6) is 0.115. The third-order valence-electron chi connectivity index (χ3n) is 4.20. The molecule has 0 spiro atoms. The van der Waals surface area contributed by atoms with Crippen LogP contribution < -0.4 is 4.90 Å². The van der Waals surface area contributed by atoms with E-state index in [0.717, 1.165) is 51.7 Å². The highest BCUT2D eigenvalue weighted by Gasteiger charge is 2.24. The van der Waals surface area contributed by atoms with Gasteiger partial charge in [-0.15, -0.1) is 22.7 Å². The lowest BCUT2D eigenvalue weighted by Crippen LogP contribution is -2.48. The molecule has 1 aromatic carbocycles. The Hall–Kier alpha value is -1.89. The highest BCUT2D eigenvalue weighted by Crippen LogP contribution is 2.30. The lowest BCUT2D eigenvalue weighted by molar-refractivity contribution is 0.0751. The maximum absolute atomic E-state index is 12.8. The summed E-state index contributed by atoms with van der Waals surface area (Å²) in [7, 11) is 0. The number of nitrogens with zero attached hydrogens (tertiary/aromatic N) is 3. The molecule has 1 amide bonds. The number of hydrogen-bond acceptors (Lipinski definition) is 5. The van der Waals surface area contributed by atoms with Crippen LogP contribution in [0.2, 0.25) is 5.02 Å². The minimum Gasteiger partial charge on any atom is -0.345 e. The maximum Gasteiger partial charge on any atom is 0.264 e. The van der Waals surface area contributed by atoms with Crippen molar-refractivity contribution in [2.75, 3.05) is 31.1 Å². The predicted octanol–water partition coefficient (Wildman–Crippen LogP) is 4.49. The first-order valence-corrected chi connectivity index (χ1v) is 10.1. The van der Waals surface area contributed by atoms with E-state index in [1.54, 1.807) is 11.3 Å². The molecule has 1 aliphatic rings. The molecule has 0 aliphatic carbocycles. The number of thiophene rings is 1. The van der Waals surface area contributed by atoms with E-state index >= 15 is 0 Å².